The van der Waals surface area contributed by atoms with Gasteiger partial charge in [-0.3, -0.25) is 4.79 Å². The lowest BCUT2D eigenvalue weighted by Crippen LogP contribution is -2.45. The molecule has 1 saturated heterocycles. The van der Waals surface area contributed by atoms with Gasteiger partial charge in [-0.25, -0.2) is 0 Å². The van der Waals surface area contributed by atoms with Crippen LogP contribution in [-0.2, 0) is 9.53 Å². The molecule has 0 saturated carbocycles. The quantitative estimate of drug-likeness (QED) is 0.694. The summed E-state index contributed by atoms with van der Waals surface area (Å²) < 4.78 is 5.77. The number of nitrogens with zero attached hydrogens (tertiary/aromatic N) is 1. The van der Waals surface area contributed by atoms with E-state index < -0.39 is 0 Å². The second-order valence-electron chi connectivity index (χ2n) is 6.25. The van der Waals surface area contributed by atoms with Gasteiger partial charge in [0.1, 0.15) is 0 Å². The lowest BCUT2D eigenvalue weighted by Gasteiger charge is -2.26. The molecule has 0 aromatic carbocycles. The highest BCUT2D eigenvalue weighted by atomic mass is 16.5. The average molecular weight is 285 g/mol. The van der Waals surface area contributed by atoms with Crippen LogP contribution < -0.4 is 10.6 Å². The molecule has 0 aliphatic carbocycles. The van der Waals surface area contributed by atoms with E-state index in [4.69, 9.17) is 4.74 Å². The van der Waals surface area contributed by atoms with Crippen LogP contribution in [0.4, 0.5) is 0 Å². The maximum Gasteiger partial charge on any atom is 0.222 e. The summed E-state index contributed by atoms with van der Waals surface area (Å²) in [5.74, 6) is 0.533. The van der Waals surface area contributed by atoms with Crippen molar-refractivity contribution in [3.8, 4) is 0 Å². The van der Waals surface area contributed by atoms with Crippen molar-refractivity contribution in [2.75, 3.05) is 40.3 Å². The van der Waals surface area contributed by atoms with Gasteiger partial charge in [-0.15, -0.1) is 0 Å². The Morgan fingerprint density at radius 2 is 2.00 bits per heavy atom. The molecule has 20 heavy (non-hydrogen) atoms. The summed E-state index contributed by atoms with van der Waals surface area (Å²) in [6.07, 6.45) is 2.89. The zero-order valence-electron chi connectivity index (χ0n) is 13.4. The molecule has 1 heterocycles. The number of likely N-dealkylation sites (N-methyl/N-ethyl adjacent to an activating group) is 1. The first kappa shape index (κ1) is 17.4. The Labute approximate surface area is 123 Å². The predicted octanol–water partition coefficient (Wildman–Crippen LogP) is 0.848. The summed E-state index contributed by atoms with van der Waals surface area (Å²) in [4.78, 5) is 14.1. The van der Waals surface area contributed by atoms with Crippen LogP contribution in [0.1, 0.15) is 33.1 Å². The first-order valence-corrected chi connectivity index (χ1v) is 7.75. The topological polar surface area (TPSA) is 53.6 Å². The van der Waals surface area contributed by atoms with Gasteiger partial charge in [0, 0.05) is 19.0 Å². The van der Waals surface area contributed by atoms with Gasteiger partial charge in [0.05, 0.1) is 12.7 Å². The van der Waals surface area contributed by atoms with E-state index in [9.17, 15) is 4.79 Å². The molecule has 5 heteroatoms. The molecular weight excluding hydrogens is 254 g/mol. The minimum Gasteiger partial charge on any atom is -0.378 e. The summed E-state index contributed by atoms with van der Waals surface area (Å²) in [5, 5.41) is 6.42. The molecule has 1 atom stereocenters. The highest BCUT2D eigenvalue weighted by Crippen LogP contribution is 2.08. The van der Waals surface area contributed by atoms with Gasteiger partial charge < -0.3 is 20.3 Å². The molecule has 1 aliphatic rings. The predicted molar refractivity (Wildman–Crippen MR) is 81.8 cm³/mol. The Balaban J connectivity index is 2.20. The third-order valence-electron chi connectivity index (χ3n) is 3.68. The lowest BCUT2D eigenvalue weighted by molar-refractivity contribution is -0.123. The van der Waals surface area contributed by atoms with E-state index >= 15 is 0 Å². The van der Waals surface area contributed by atoms with Crippen molar-refractivity contribution in [1.29, 1.82) is 0 Å². The molecule has 5 nitrogen and oxygen atoms in total. The Morgan fingerprint density at radius 1 is 1.35 bits per heavy atom. The first-order valence-electron chi connectivity index (χ1n) is 7.75. The highest BCUT2D eigenvalue weighted by Gasteiger charge is 2.18. The molecule has 1 fully saturated rings. The Hall–Kier alpha value is -0.650. The number of nitrogens with one attached hydrogen (secondary N) is 2. The van der Waals surface area contributed by atoms with Crippen LogP contribution in [0.25, 0.3) is 0 Å². The summed E-state index contributed by atoms with van der Waals surface area (Å²) in [6.45, 7) is 7.73. The molecule has 0 aromatic heterocycles. The second kappa shape index (κ2) is 9.32. The van der Waals surface area contributed by atoms with Crippen molar-refractivity contribution in [3.05, 3.63) is 0 Å². The average Bonchev–Trinajstić information content (AvgIpc) is 2.38. The molecule has 1 amide bonds. The number of ether oxygens (including phenoxy) is 1. The summed E-state index contributed by atoms with van der Waals surface area (Å²) in [6, 6.07) is 0.205. The van der Waals surface area contributed by atoms with Gasteiger partial charge >= 0.3 is 0 Å². The number of hydrogen-bond acceptors (Lipinski definition) is 4. The van der Waals surface area contributed by atoms with Crippen molar-refractivity contribution in [2.24, 2.45) is 5.92 Å². The van der Waals surface area contributed by atoms with Gasteiger partial charge in [-0.2, -0.15) is 0 Å². The van der Waals surface area contributed by atoms with E-state index in [2.05, 4.69) is 29.4 Å². The molecule has 1 aliphatic heterocycles. The van der Waals surface area contributed by atoms with Crippen molar-refractivity contribution in [1.82, 2.24) is 15.5 Å². The second-order valence-corrected chi connectivity index (χ2v) is 6.25. The third-order valence-corrected chi connectivity index (χ3v) is 3.68. The molecule has 1 unspecified atom stereocenters. The zero-order valence-corrected chi connectivity index (χ0v) is 13.4. The van der Waals surface area contributed by atoms with Crippen molar-refractivity contribution >= 4 is 5.91 Å². The van der Waals surface area contributed by atoms with Crippen LogP contribution in [0.3, 0.4) is 0 Å². The number of rotatable bonds is 8. The SMILES string of the molecule is CC(C)C(CN(C)C)NC(=O)CCOC1CCNCC1. The minimum atomic E-state index is 0.0967. The van der Waals surface area contributed by atoms with Crippen LogP contribution in [0, 0.1) is 5.92 Å². The number of piperidine rings is 1. The molecule has 2 N–H and O–H groups in total. The maximum atomic E-state index is 12.0. The Morgan fingerprint density at radius 3 is 2.55 bits per heavy atom. The van der Waals surface area contributed by atoms with Crippen LogP contribution in [0.2, 0.25) is 0 Å². The van der Waals surface area contributed by atoms with Gasteiger partial charge in [-0.05, 0) is 45.9 Å². The summed E-state index contributed by atoms with van der Waals surface area (Å²) in [7, 11) is 4.06. The van der Waals surface area contributed by atoms with E-state index in [-0.39, 0.29) is 11.9 Å². The van der Waals surface area contributed by atoms with Crippen LogP contribution in [0.5, 0.6) is 0 Å². The lowest BCUT2D eigenvalue weighted by atomic mass is 10.0. The van der Waals surface area contributed by atoms with Crippen LogP contribution in [0.15, 0.2) is 0 Å². The van der Waals surface area contributed by atoms with Crippen molar-refractivity contribution in [3.63, 3.8) is 0 Å². The van der Waals surface area contributed by atoms with E-state index in [1.165, 1.54) is 0 Å². The summed E-state index contributed by atoms with van der Waals surface area (Å²) >= 11 is 0. The molecule has 0 aromatic rings. The fourth-order valence-corrected chi connectivity index (χ4v) is 2.38. The largest absolute Gasteiger partial charge is 0.378 e. The minimum absolute atomic E-state index is 0.0967. The van der Waals surface area contributed by atoms with Crippen molar-refractivity contribution < 1.29 is 9.53 Å². The molecule has 118 valence electrons. The van der Waals surface area contributed by atoms with Gasteiger partial charge in [0.2, 0.25) is 5.91 Å². The normalized spacial score (nSPS) is 18.5. The Kier molecular flexibility index (Phi) is 8.11. The number of amides is 1. The van der Waals surface area contributed by atoms with E-state index in [1.54, 1.807) is 0 Å². The zero-order chi connectivity index (χ0) is 15.0. The molecular formula is C15H31N3O2. The smallest absolute Gasteiger partial charge is 0.222 e. The monoisotopic (exact) mass is 285 g/mol. The number of carbonyl (C=O) groups excluding carboxylic acids is 1. The number of carbonyl (C=O) groups is 1. The maximum absolute atomic E-state index is 12.0. The highest BCUT2D eigenvalue weighted by molar-refractivity contribution is 5.76. The molecule has 1 rings (SSSR count). The van der Waals surface area contributed by atoms with E-state index in [0.29, 0.717) is 25.0 Å². The third kappa shape index (κ3) is 7.22. The fraction of sp³-hybridized carbons (Fsp3) is 0.933. The van der Waals surface area contributed by atoms with Crippen molar-refractivity contribution in [2.45, 2.75) is 45.3 Å². The van der Waals surface area contributed by atoms with E-state index in [1.807, 2.05) is 14.1 Å². The molecule has 0 radical (unpaired) electrons. The molecule has 0 spiro atoms. The number of hydrogen-bond donors (Lipinski definition) is 2. The fourth-order valence-electron chi connectivity index (χ4n) is 2.38. The van der Waals surface area contributed by atoms with Gasteiger partial charge in [0.25, 0.3) is 0 Å². The Bertz CT molecular complexity index is 276. The van der Waals surface area contributed by atoms with Crippen LogP contribution >= 0.6 is 0 Å². The molecule has 0 bridgehead atoms. The first-order chi connectivity index (χ1) is 9.49. The van der Waals surface area contributed by atoms with Gasteiger partial charge in [-0.1, -0.05) is 13.8 Å². The van der Waals surface area contributed by atoms with Crippen LogP contribution in [-0.4, -0.2) is 63.3 Å². The van der Waals surface area contributed by atoms with Gasteiger partial charge in [0.15, 0.2) is 0 Å². The summed E-state index contributed by atoms with van der Waals surface area (Å²) in [5.41, 5.74) is 0. The standard InChI is InChI=1S/C15H31N3O2/c1-12(2)14(11-18(3)4)17-15(19)7-10-20-13-5-8-16-9-6-13/h12-14,16H,5-11H2,1-4H3,(H,17,19). The van der Waals surface area contributed by atoms with E-state index in [0.717, 1.165) is 32.5 Å².